The van der Waals surface area contributed by atoms with Crippen LogP contribution in [0, 0.1) is 42.7 Å². The van der Waals surface area contributed by atoms with Crippen LogP contribution in [0.5, 0.6) is 0 Å². The molecule has 0 bridgehead atoms. The summed E-state index contributed by atoms with van der Waals surface area (Å²) in [6.45, 7) is 16.9. The summed E-state index contributed by atoms with van der Waals surface area (Å²) in [5, 5.41) is 19.0. The van der Waals surface area contributed by atoms with Gasteiger partial charge in [-0.15, -0.1) is 0 Å². The number of halogens is 9. The summed E-state index contributed by atoms with van der Waals surface area (Å²) in [5.41, 5.74) is -16.1. The molecule has 5 rings (SSSR count). The molecule has 0 spiro atoms. The molecular weight excluding hydrogens is 732 g/mol. The lowest BCUT2D eigenvalue weighted by atomic mass is 9.95. The van der Waals surface area contributed by atoms with Crippen LogP contribution in [0.1, 0.15) is 27.8 Å². The van der Waals surface area contributed by atoms with E-state index in [2.05, 4.69) is 9.69 Å². The minimum absolute atomic E-state index is 0.0485. The Morgan fingerprint density at radius 1 is 0.680 bits per heavy atom. The molecular formula is C34H15F9N4S3. The molecule has 0 fully saturated rings. The number of nitrogens with zero attached hydrogens (tertiary/aromatic N) is 4. The predicted molar refractivity (Wildman–Crippen MR) is 170 cm³/mol. The molecule has 0 atom stereocenters. The van der Waals surface area contributed by atoms with Crippen LogP contribution in [0.2, 0.25) is 0 Å². The summed E-state index contributed by atoms with van der Waals surface area (Å²) in [5.74, 6) is -0.568. The zero-order valence-corrected chi connectivity index (χ0v) is 27.4. The quantitative estimate of drug-likeness (QED) is 0.113. The molecule has 252 valence electrons. The van der Waals surface area contributed by atoms with Gasteiger partial charge in [-0.25, -0.2) is 0 Å². The maximum absolute atomic E-state index is 14.5. The van der Waals surface area contributed by atoms with Crippen molar-refractivity contribution in [1.82, 2.24) is 0 Å². The fourth-order valence-electron chi connectivity index (χ4n) is 5.97. The first-order valence-electron chi connectivity index (χ1n) is 13.8. The predicted octanol–water partition coefficient (Wildman–Crippen LogP) is 9.73. The van der Waals surface area contributed by atoms with Gasteiger partial charge in [-0.05, 0) is 99.7 Å². The zero-order chi connectivity index (χ0) is 36.8. The fourth-order valence-corrected chi connectivity index (χ4v) is 8.28. The van der Waals surface area contributed by atoms with Gasteiger partial charge in [0.2, 0.25) is 0 Å². The third kappa shape index (κ3) is 7.39. The highest BCUT2D eigenvalue weighted by molar-refractivity contribution is 8.00. The van der Waals surface area contributed by atoms with Crippen LogP contribution < -0.4 is 10.4 Å². The second kappa shape index (κ2) is 13.5. The molecule has 3 aromatic carbocycles. The Bertz CT molecular complexity index is 2290. The van der Waals surface area contributed by atoms with Gasteiger partial charge in [-0.2, -0.15) is 59.7 Å². The number of alkyl halides is 9. The van der Waals surface area contributed by atoms with E-state index in [1.165, 1.54) is 18.2 Å². The number of fused-ring (bicyclic) bond motifs is 2. The average Bonchev–Trinajstić information content (AvgIpc) is 3.59. The van der Waals surface area contributed by atoms with Crippen LogP contribution in [-0.4, -0.2) is 16.5 Å². The van der Waals surface area contributed by atoms with Crippen molar-refractivity contribution in [2.45, 2.75) is 51.0 Å². The van der Waals surface area contributed by atoms with Crippen LogP contribution >= 0.6 is 35.3 Å². The Hall–Kier alpha value is -4.74. The largest absolute Gasteiger partial charge is 0.523 e. The SMILES string of the molecule is [C-]#[N+]C([N+]#[C-])=C1Cc2c(SC(F)(F)F)c3c(c(SC(F)(F)F)c2=C1c1cccc(C)c1)CC(=C(C#N)C#N)C=3c1cccc(SC(F)(F)F)c1. The Kier molecular flexibility index (Phi) is 9.88. The highest BCUT2D eigenvalue weighted by Crippen LogP contribution is 2.48. The molecule has 0 aromatic heterocycles. The normalized spacial score (nSPS) is 14.0. The van der Waals surface area contributed by atoms with Crippen molar-refractivity contribution in [2.24, 2.45) is 0 Å². The van der Waals surface area contributed by atoms with Gasteiger partial charge in [-0.3, -0.25) is 0 Å². The van der Waals surface area contributed by atoms with Crippen molar-refractivity contribution in [2.75, 3.05) is 0 Å². The molecule has 2 aliphatic rings. The van der Waals surface area contributed by atoms with E-state index in [-0.39, 0.29) is 49.8 Å². The molecule has 16 heteroatoms. The van der Waals surface area contributed by atoms with E-state index in [0.29, 0.717) is 5.56 Å². The zero-order valence-electron chi connectivity index (χ0n) is 24.9. The van der Waals surface area contributed by atoms with Gasteiger partial charge in [0, 0.05) is 31.5 Å². The number of hydrogen-bond acceptors (Lipinski definition) is 5. The van der Waals surface area contributed by atoms with Crippen molar-refractivity contribution >= 4 is 46.4 Å². The third-order valence-electron chi connectivity index (χ3n) is 7.52. The molecule has 0 aliphatic heterocycles. The van der Waals surface area contributed by atoms with E-state index in [0.717, 1.165) is 12.1 Å². The lowest BCUT2D eigenvalue weighted by molar-refractivity contribution is -0.0339. The topological polar surface area (TPSA) is 56.3 Å². The van der Waals surface area contributed by atoms with E-state index >= 15 is 0 Å². The number of thioether (sulfide) groups is 3. The van der Waals surface area contributed by atoms with Crippen LogP contribution in [0.4, 0.5) is 39.5 Å². The molecule has 0 saturated heterocycles. The number of rotatable bonds is 5. The van der Waals surface area contributed by atoms with Gasteiger partial charge >= 0.3 is 22.3 Å². The molecule has 3 aromatic rings. The lowest BCUT2D eigenvalue weighted by Crippen LogP contribution is -2.27. The Balaban J connectivity index is 2.13. The van der Waals surface area contributed by atoms with Crippen molar-refractivity contribution in [3.63, 3.8) is 0 Å². The van der Waals surface area contributed by atoms with E-state index in [9.17, 15) is 50.0 Å². The van der Waals surface area contributed by atoms with E-state index in [1.54, 1.807) is 37.3 Å². The van der Waals surface area contributed by atoms with Crippen molar-refractivity contribution < 1.29 is 39.5 Å². The van der Waals surface area contributed by atoms with Crippen molar-refractivity contribution in [3.8, 4) is 12.1 Å². The highest BCUT2D eigenvalue weighted by Gasteiger charge is 2.42. The average molecular weight is 747 g/mol. The molecule has 0 radical (unpaired) electrons. The van der Waals surface area contributed by atoms with Crippen LogP contribution in [-0.2, 0) is 12.8 Å². The smallest absolute Gasteiger partial charge is 0.192 e. The Labute approximate surface area is 290 Å². The maximum Gasteiger partial charge on any atom is 0.523 e. The van der Waals surface area contributed by atoms with Gasteiger partial charge in [0.05, 0.1) is 5.57 Å². The first kappa shape index (κ1) is 36.5. The molecule has 0 N–H and O–H groups in total. The minimum atomic E-state index is -5.06. The first-order chi connectivity index (χ1) is 23.4. The highest BCUT2D eigenvalue weighted by atomic mass is 32.2. The standard InChI is InChI=1S/C34H15F9N4S3/c1-16-6-4-7-17(10-16)26-24(31(46-2)47-3)13-23-28(26)29(49-33(38,39)40)22-12-21(19(14-44)15-45)25(27(22)30(23)50-34(41,42)43)18-8-5-9-20(11-18)48-32(35,36)37/h4-11H,12-13H2,1H3. The first-order valence-corrected chi connectivity index (χ1v) is 16.3. The Morgan fingerprint density at radius 3 is 1.60 bits per heavy atom. The van der Waals surface area contributed by atoms with Crippen LogP contribution in [0.25, 0.3) is 20.8 Å². The third-order valence-corrected chi connectivity index (χ3v) is 10.0. The summed E-state index contributed by atoms with van der Waals surface area (Å²) >= 11 is -1.84. The maximum atomic E-state index is 14.5. The number of benzene rings is 3. The van der Waals surface area contributed by atoms with Gasteiger partial charge in [0.15, 0.2) is 0 Å². The van der Waals surface area contributed by atoms with E-state index < -0.39 is 96.0 Å². The summed E-state index contributed by atoms with van der Waals surface area (Å²) in [6, 6.07) is 14.0. The van der Waals surface area contributed by atoms with Gasteiger partial charge < -0.3 is 0 Å². The monoisotopic (exact) mass is 746 g/mol. The number of aryl methyl sites for hydroxylation is 1. The van der Waals surface area contributed by atoms with Gasteiger partial charge in [0.1, 0.15) is 30.9 Å². The molecule has 0 unspecified atom stereocenters. The van der Waals surface area contributed by atoms with Crippen molar-refractivity contribution in [1.29, 1.82) is 10.5 Å². The molecule has 0 saturated carbocycles. The molecule has 50 heavy (non-hydrogen) atoms. The number of hydrogen-bond donors (Lipinski definition) is 0. The number of allylic oxidation sites excluding steroid dienone is 3. The van der Waals surface area contributed by atoms with E-state index in [4.69, 9.17) is 13.1 Å². The number of nitriles is 2. The summed E-state index contributed by atoms with van der Waals surface area (Å²) in [6.07, 6.45) is -1.21. The molecule has 0 amide bonds. The second-order valence-corrected chi connectivity index (χ2v) is 13.9. The second-order valence-electron chi connectivity index (χ2n) is 10.6. The molecule has 0 heterocycles. The lowest BCUT2D eigenvalue weighted by Gasteiger charge is -2.17. The Morgan fingerprint density at radius 2 is 1.14 bits per heavy atom. The van der Waals surface area contributed by atoms with Crippen molar-refractivity contribution in [3.05, 3.63) is 132 Å². The van der Waals surface area contributed by atoms with Crippen LogP contribution in [0.15, 0.2) is 85.8 Å². The summed E-state index contributed by atoms with van der Waals surface area (Å²) < 4.78 is 127. The van der Waals surface area contributed by atoms with Crippen LogP contribution in [0.3, 0.4) is 0 Å². The fraction of sp³-hybridized carbons (Fsp3) is 0.176. The van der Waals surface area contributed by atoms with Gasteiger partial charge in [-0.1, -0.05) is 42.0 Å². The molecule has 2 aliphatic carbocycles. The summed E-state index contributed by atoms with van der Waals surface area (Å²) in [7, 11) is 0. The summed E-state index contributed by atoms with van der Waals surface area (Å²) in [4.78, 5) is 4.88. The van der Waals surface area contributed by atoms with Gasteiger partial charge in [0.25, 0.3) is 0 Å². The molecule has 4 nitrogen and oxygen atoms in total. The minimum Gasteiger partial charge on any atom is -0.192 e. The van der Waals surface area contributed by atoms with E-state index in [1.807, 2.05) is 0 Å².